The van der Waals surface area contributed by atoms with Gasteiger partial charge in [-0.3, -0.25) is 0 Å². The first-order valence-corrected chi connectivity index (χ1v) is 6.15. The molecule has 0 bridgehead atoms. The van der Waals surface area contributed by atoms with Crippen molar-refractivity contribution in [3.05, 3.63) is 28.2 Å². The number of thiophene rings is 1. The van der Waals surface area contributed by atoms with E-state index in [0.29, 0.717) is 0 Å². The van der Waals surface area contributed by atoms with Crippen molar-refractivity contribution in [3.8, 4) is 9.75 Å². The molecule has 2 aromatic heterocycles. The molecule has 0 fully saturated rings. The van der Waals surface area contributed by atoms with Crippen LogP contribution in [0.3, 0.4) is 0 Å². The number of hydrogen-bond donors (Lipinski definition) is 1. The fourth-order valence-electron chi connectivity index (χ4n) is 1.36. The number of nitrogens with zero attached hydrogens (tertiary/aromatic N) is 1. The maximum atomic E-state index is 4.52. The van der Waals surface area contributed by atoms with Gasteiger partial charge in [-0.05, 0) is 25.4 Å². The predicted octanol–water partition coefficient (Wildman–Crippen LogP) is 2.90. The van der Waals surface area contributed by atoms with Gasteiger partial charge in [0.25, 0.3) is 0 Å². The van der Waals surface area contributed by atoms with Crippen molar-refractivity contribution in [1.29, 1.82) is 0 Å². The molecule has 74 valence electrons. The lowest BCUT2D eigenvalue weighted by Crippen LogP contribution is -2.06. The number of hydrogen-bond acceptors (Lipinski definition) is 4. The lowest BCUT2D eigenvalue weighted by atomic mass is 10.3. The second kappa shape index (κ2) is 4.21. The van der Waals surface area contributed by atoms with Crippen LogP contribution in [0.15, 0.2) is 17.5 Å². The van der Waals surface area contributed by atoms with Gasteiger partial charge in [-0.1, -0.05) is 6.07 Å². The standard InChI is InChI=1S/C10H12N2S2/c1-7-12-8(6-11-2)10(14-7)9-4-3-5-13-9/h3-5,11H,6H2,1-2H3. The Morgan fingerprint density at radius 2 is 2.36 bits per heavy atom. The summed E-state index contributed by atoms with van der Waals surface area (Å²) in [6.45, 7) is 2.90. The number of thiazole rings is 1. The Hall–Kier alpha value is -0.710. The maximum Gasteiger partial charge on any atom is 0.0904 e. The molecule has 14 heavy (non-hydrogen) atoms. The van der Waals surface area contributed by atoms with Crippen LogP contribution in [-0.4, -0.2) is 12.0 Å². The molecule has 0 saturated heterocycles. The molecule has 2 rings (SSSR count). The molecule has 0 aromatic carbocycles. The van der Waals surface area contributed by atoms with E-state index < -0.39 is 0 Å². The highest BCUT2D eigenvalue weighted by atomic mass is 32.1. The monoisotopic (exact) mass is 224 g/mol. The zero-order chi connectivity index (χ0) is 9.97. The summed E-state index contributed by atoms with van der Waals surface area (Å²) in [5.74, 6) is 0. The highest BCUT2D eigenvalue weighted by molar-refractivity contribution is 7.21. The van der Waals surface area contributed by atoms with E-state index in [1.165, 1.54) is 9.75 Å². The molecule has 0 aliphatic carbocycles. The fraction of sp³-hybridized carbons (Fsp3) is 0.300. The Morgan fingerprint density at radius 1 is 1.50 bits per heavy atom. The first kappa shape index (κ1) is 9.83. The van der Waals surface area contributed by atoms with Gasteiger partial charge < -0.3 is 5.32 Å². The van der Waals surface area contributed by atoms with Gasteiger partial charge in [-0.15, -0.1) is 22.7 Å². The van der Waals surface area contributed by atoms with Gasteiger partial charge in [-0.25, -0.2) is 4.98 Å². The van der Waals surface area contributed by atoms with Gasteiger partial charge in [0.2, 0.25) is 0 Å². The van der Waals surface area contributed by atoms with Crippen LogP contribution in [0.4, 0.5) is 0 Å². The molecule has 4 heteroatoms. The summed E-state index contributed by atoms with van der Waals surface area (Å²) < 4.78 is 0. The Morgan fingerprint density at radius 3 is 3.00 bits per heavy atom. The third-order valence-electron chi connectivity index (χ3n) is 1.89. The zero-order valence-corrected chi connectivity index (χ0v) is 9.84. The van der Waals surface area contributed by atoms with Crippen LogP contribution in [0.5, 0.6) is 0 Å². The topological polar surface area (TPSA) is 24.9 Å². The summed E-state index contributed by atoms with van der Waals surface area (Å²) in [7, 11) is 1.95. The summed E-state index contributed by atoms with van der Waals surface area (Å²) in [5, 5.41) is 6.39. The molecule has 0 unspecified atom stereocenters. The van der Waals surface area contributed by atoms with Crippen LogP contribution >= 0.6 is 22.7 Å². The molecule has 0 aliphatic heterocycles. The molecule has 2 nitrogen and oxygen atoms in total. The van der Waals surface area contributed by atoms with E-state index in [9.17, 15) is 0 Å². The molecule has 0 amide bonds. The Bertz CT molecular complexity index is 404. The molecule has 0 saturated carbocycles. The van der Waals surface area contributed by atoms with Gasteiger partial charge in [-0.2, -0.15) is 0 Å². The van der Waals surface area contributed by atoms with Crippen molar-refractivity contribution < 1.29 is 0 Å². The van der Waals surface area contributed by atoms with E-state index in [1.54, 1.807) is 22.7 Å². The van der Waals surface area contributed by atoms with Crippen LogP contribution < -0.4 is 5.32 Å². The lowest BCUT2D eigenvalue weighted by Gasteiger charge is -1.97. The number of aromatic nitrogens is 1. The summed E-state index contributed by atoms with van der Waals surface area (Å²) in [6, 6.07) is 4.23. The fourth-order valence-corrected chi connectivity index (χ4v) is 3.17. The van der Waals surface area contributed by atoms with E-state index >= 15 is 0 Å². The largest absolute Gasteiger partial charge is 0.314 e. The predicted molar refractivity (Wildman–Crippen MR) is 62.9 cm³/mol. The van der Waals surface area contributed by atoms with Gasteiger partial charge in [0, 0.05) is 11.4 Å². The van der Waals surface area contributed by atoms with E-state index in [1.807, 2.05) is 7.05 Å². The summed E-state index contributed by atoms with van der Waals surface area (Å²) >= 11 is 3.54. The number of rotatable bonds is 3. The first-order chi connectivity index (χ1) is 6.81. The van der Waals surface area contributed by atoms with Gasteiger partial charge in [0.15, 0.2) is 0 Å². The molecule has 0 spiro atoms. The van der Waals surface area contributed by atoms with Crippen molar-refractivity contribution in [2.24, 2.45) is 0 Å². The summed E-state index contributed by atoms with van der Waals surface area (Å²) in [5.41, 5.74) is 1.16. The van der Waals surface area contributed by atoms with Crippen molar-refractivity contribution >= 4 is 22.7 Å². The normalized spacial score (nSPS) is 10.7. The van der Waals surface area contributed by atoms with E-state index in [0.717, 1.165) is 17.2 Å². The SMILES string of the molecule is CNCc1nc(C)sc1-c1cccs1. The minimum atomic E-state index is 0.845. The molecule has 2 heterocycles. The highest BCUT2D eigenvalue weighted by Gasteiger charge is 2.10. The summed E-state index contributed by atoms with van der Waals surface area (Å²) in [6.07, 6.45) is 0. The molecule has 0 radical (unpaired) electrons. The van der Waals surface area contributed by atoms with Crippen molar-refractivity contribution in [2.75, 3.05) is 7.05 Å². The number of nitrogens with one attached hydrogen (secondary N) is 1. The third kappa shape index (κ3) is 1.87. The summed E-state index contributed by atoms with van der Waals surface area (Å²) in [4.78, 5) is 7.15. The molecular weight excluding hydrogens is 212 g/mol. The Kier molecular flexibility index (Phi) is 2.96. The van der Waals surface area contributed by atoms with Crippen LogP contribution in [0.2, 0.25) is 0 Å². The van der Waals surface area contributed by atoms with Crippen molar-refractivity contribution in [1.82, 2.24) is 10.3 Å². The molecule has 2 aromatic rings. The third-order valence-corrected chi connectivity index (χ3v) is 3.96. The minimum Gasteiger partial charge on any atom is -0.314 e. The van der Waals surface area contributed by atoms with Crippen LogP contribution in [0.25, 0.3) is 9.75 Å². The minimum absolute atomic E-state index is 0.845. The molecule has 0 aliphatic rings. The average molecular weight is 224 g/mol. The highest BCUT2D eigenvalue weighted by Crippen LogP contribution is 2.33. The van der Waals surface area contributed by atoms with Crippen LogP contribution in [-0.2, 0) is 6.54 Å². The molecular formula is C10H12N2S2. The van der Waals surface area contributed by atoms with E-state index in [2.05, 4.69) is 34.7 Å². The van der Waals surface area contributed by atoms with Crippen LogP contribution in [0, 0.1) is 6.92 Å². The lowest BCUT2D eigenvalue weighted by molar-refractivity contribution is 0.796. The van der Waals surface area contributed by atoms with E-state index in [4.69, 9.17) is 0 Å². The van der Waals surface area contributed by atoms with Gasteiger partial charge >= 0.3 is 0 Å². The van der Waals surface area contributed by atoms with Crippen LogP contribution in [0.1, 0.15) is 10.7 Å². The molecule has 0 atom stereocenters. The molecule has 1 N–H and O–H groups in total. The Labute approximate surface area is 91.6 Å². The average Bonchev–Trinajstić information content (AvgIpc) is 2.74. The quantitative estimate of drug-likeness (QED) is 0.867. The second-order valence-electron chi connectivity index (χ2n) is 3.02. The van der Waals surface area contributed by atoms with Gasteiger partial charge in [0.05, 0.1) is 15.6 Å². The Balaban J connectivity index is 2.41. The zero-order valence-electron chi connectivity index (χ0n) is 8.20. The number of aryl methyl sites for hydroxylation is 1. The van der Waals surface area contributed by atoms with Crippen molar-refractivity contribution in [2.45, 2.75) is 13.5 Å². The maximum absolute atomic E-state index is 4.52. The van der Waals surface area contributed by atoms with Crippen molar-refractivity contribution in [3.63, 3.8) is 0 Å². The van der Waals surface area contributed by atoms with Gasteiger partial charge in [0.1, 0.15) is 0 Å². The second-order valence-corrected chi connectivity index (χ2v) is 5.17. The smallest absolute Gasteiger partial charge is 0.0904 e. The first-order valence-electron chi connectivity index (χ1n) is 4.46. The van der Waals surface area contributed by atoms with E-state index in [-0.39, 0.29) is 0 Å².